The molecule has 3 rings (SSSR count). The number of amides is 1. The number of aliphatic hydroxyl groups excluding tert-OH is 1. The van der Waals surface area contributed by atoms with E-state index in [1.807, 2.05) is 36.4 Å². The van der Waals surface area contributed by atoms with Gasteiger partial charge >= 0.3 is 0 Å². The second-order valence-corrected chi connectivity index (χ2v) is 7.84. The molecule has 0 aromatic heterocycles. The Labute approximate surface area is 178 Å². The Balaban J connectivity index is 1.74. The van der Waals surface area contributed by atoms with Gasteiger partial charge in [0.05, 0.1) is 6.61 Å². The van der Waals surface area contributed by atoms with Crippen molar-refractivity contribution in [3.05, 3.63) is 75.6 Å². The van der Waals surface area contributed by atoms with Crippen molar-refractivity contribution in [1.82, 2.24) is 0 Å². The highest BCUT2D eigenvalue weighted by Gasteiger charge is 2.28. The van der Waals surface area contributed by atoms with Crippen LogP contribution in [0.1, 0.15) is 30.7 Å². The molecule has 0 fully saturated rings. The molecule has 1 amide bonds. The quantitative estimate of drug-likeness (QED) is 0.422. The van der Waals surface area contributed by atoms with E-state index < -0.39 is 6.29 Å². The maximum atomic E-state index is 12.7. The molecule has 5 nitrogen and oxygen atoms in total. The molecular weight excluding hydrogens is 469 g/mol. The van der Waals surface area contributed by atoms with Crippen LogP contribution in [0.25, 0.3) is 0 Å². The zero-order valence-electron chi connectivity index (χ0n) is 15.5. The van der Waals surface area contributed by atoms with Crippen molar-refractivity contribution in [2.45, 2.75) is 31.5 Å². The summed E-state index contributed by atoms with van der Waals surface area (Å²) >= 11 is 2.28. The Morgan fingerprint density at radius 3 is 2.61 bits per heavy atom. The molecule has 0 aliphatic carbocycles. The Morgan fingerprint density at radius 1 is 1.14 bits per heavy atom. The minimum Gasteiger partial charge on any atom is -0.459 e. The van der Waals surface area contributed by atoms with E-state index in [2.05, 4.69) is 52.2 Å². The van der Waals surface area contributed by atoms with Crippen LogP contribution in [0.3, 0.4) is 0 Å². The topological polar surface area (TPSA) is 67.8 Å². The summed E-state index contributed by atoms with van der Waals surface area (Å²) < 4.78 is 12.8. The minimum absolute atomic E-state index is 0.0325. The maximum absolute atomic E-state index is 12.7. The fourth-order valence-electron chi connectivity index (χ4n) is 3.00. The van der Waals surface area contributed by atoms with Gasteiger partial charge in [-0.15, -0.1) is 0 Å². The number of hydrogen-bond acceptors (Lipinski definition) is 4. The monoisotopic (exact) mass is 493 g/mol. The third-order valence-corrected chi connectivity index (χ3v) is 5.19. The minimum atomic E-state index is -0.496. The summed E-state index contributed by atoms with van der Waals surface area (Å²) in [5.74, 6) is 0.0151. The molecule has 28 heavy (non-hydrogen) atoms. The molecule has 1 aliphatic rings. The first-order valence-electron chi connectivity index (χ1n) is 9.38. The Kier molecular flexibility index (Phi) is 7.88. The van der Waals surface area contributed by atoms with E-state index in [9.17, 15) is 4.79 Å². The van der Waals surface area contributed by atoms with Gasteiger partial charge in [-0.2, -0.15) is 0 Å². The summed E-state index contributed by atoms with van der Waals surface area (Å²) in [5.41, 5.74) is 1.84. The zero-order valence-corrected chi connectivity index (χ0v) is 17.7. The molecular formula is C22H24INO4. The lowest BCUT2D eigenvalue weighted by Gasteiger charge is -2.29. The summed E-state index contributed by atoms with van der Waals surface area (Å²) in [6.45, 7) is 0.628. The number of benzene rings is 2. The number of aliphatic hydroxyl groups is 1. The van der Waals surface area contributed by atoms with Gasteiger partial charge in [-0.05, 0) is 71.3 Å². The number of rotatable bonds is 8. The average molecular weight is 493 g/mol. The van der Waals surface area contributed by atoms with E-state index in [1.165, 1.54) is 0 Å². The van der Waals surface area contributed by atoms with Crippen LogP contribution in [0.4, 0.5) is 5.69 Å². The summed E-state index contributed by atoms with van der Waals surface area (Å²) in [6.07, 6.45) is 3.45. The molecule has 1 heterocycles. The number of hydrogen-bond donors (Lipinski definition) is 2. The normalized spacial score (nSPS) is 18.9. The number of anilines is 1. The van der Waals surface area contributed by atoms with Crippen molar-refractivity contribution >= 4 is 34.2 Å². The summed E-state index contributed by atoms with van der Waals surface area (Å²) in [6, 6.07) is 17.6. The predicted octanol–water partition coefficient (Wildman–Crippen LogP) is 4.43. The first kappa shape index (κ1) is 20.8. The number of unbranched alkanes of at least 4 members (excludes halogenated alkanes) is 1. The van der Waals surface area contributed by atoms with E-state index in [0.717, 1.165) is 15.6 Å². The first-order valence-corrected chi connectivity index (χ1v) is 10.5. The van der Waals surface area contributed by atoms with Crippen LogP contribution in [-0.2, 0) is 14.3 Å². The molecule has 0 saturated heterocycles. The Morgan fingerprint density at radius 2 is 1.89 bits per heavy atom. The van der Waals surface area contributed by atoms with Crippen molar-refractivity contribution in [1.29, 1.82) is 0 Å². The standard InChI is InChI=1S/C22H24INO4/c23-18-10-8-16(9-11-18)17-14-20(22(26)24-19-6-2-1-3-7-19)28-21(15-17)27-13-5-4-12-25/h1-3,6-11,14,17,21,25H,4-5,12-13,15H2,(H,24,26)/t17-,21+/m0/s1. The molecule has 2 N–H and O–H groups in total. The molecule has 2 atom stereocenters. The lowest BCUT2D eigenvalue weighted by atomic mass is 9.93. The van der Waals surface area contributed by atoms with Crippen molar-refractivity contribution in [2.75, 3.05) is 18.5 Å². The van der Waals surface area contributed by atoms with Crippen LogP contribution in [0.15, 0.2) is 66.4 Å². The van der Waals surface area contributed by atoms with Gasteiger partial charge in [0, 0.05) is 28.2 Å². The highest BCUT2D eigenvalue weighted by Crippen LogP contribution is 2.32. The van der Waals surface area contributed by atoms with Crippen LogP contribution < -0.4 is 5.32 Å². The highest BCUT2D eigenvalue weighted by atomic mass is 127. The highest BCUT2D eigenvalue weighted by molar-refractivity contribution is 14.1. The number of carbonyl (C=O) groups is 1. The van der Waals surface area contributed by atoms with Crippen LogP contribution in [0, 0.1) is 3.57 Å². The first-order chi connectivity index (χ1) is 13.7. The molecule has 0 saturated carbocycles. The van der Waals surface area contributed by atoms with Crippen molar-refractivity contribution in [2.24, 2.45) is 0 Å². The summed E-state index contributed by atoms with van der Waals surface area (Å²) in [7, 11) is 0. The number of ether oxygens (including phenoxy) is 2. The summed E-state index contributed by atoms with van der Waals surface area (Å²) in [5, 5.41) is 11.8. The lowest BCUT2D eigenvalue weighted by Crippen LogP contribution is -2.29. The molecule has 6 heteroatoms. The number of para-hydroxylation sites is 1. The third kappa shape index (κ3) is 6.05. The average Bonchev–Trinajstić information content (AvgIpc) is 2.72. The molecule has 0 radical (unpaired) electrons. The van der Waals surface area contributed by atoms with E-state index >= 15 is 0 Å². The molecule has 0 bridgehead atoms. The van der Waals surface area contributed by atoms with E-state index in [0.29, 0.717) is 25.1 Å². The van der Waals surface area contributed by atoms with Gasteiger partial charge in [0.2, 0.25) is 6.29 Å². The second-order valence-electron chi connectivity index (χ2n) is 6.59. The van der Waals surface area contributed by atoms with Crippen molar-refractivity contribution in [3.8, 4) is 0 Å². The predicted molar refractivity (Wildman–Crippen MR) is 117 cm³/mol. The molecule has 2 aromatic carbocycles. The number of halogens is 1. The lowest BCUT2D eigenvalue weighted by molar-refractivity contribution is -0.143. The number of allylic oxidation sites excluding steroid dienone is 1. The summed E-state index contributed by atoms with van der Waals surface area (Å²) in [4.78, 5) is 12.7. The van der Waals surface area contributed by atoms with Gasteiger partial charge in [0.25, 0.3) is 5.91 Å². The van der Waals surface area contributed by atoms with Gasteiger partial charge in [-0.1, -0.05) is 30.3 Å². The fraction of sp³-hybridized carbons (Fsp3) is 0.318. The van der Waals surface area contributed by atoms with Crippen LogP contribution >= 0.6 is 22.6 Å². The van der Waals surface area contributed by atoms with Gasteiger partial charge in [-0.3, -0.25) is 4.79 Å². The maximum Gasteiger partial charge on any atom is 0.290 e. The van der Waals surface area contributed by atoms with Crippen LogP contribution in [-0.4, -0.2) is 30.5 Å². The molecule has 148 valence electrons. The Bertz CT molecular complexity index is 792. The van der Waals surface area contributed by atoms with E-state index in [4.69, 9.17) is 14.6 Å². The van der Waals surface area contributed by atoms with Crippen molar-refractivity contribution < 1.29 is 19.4 Å². The zero-order chi connectivity index (χ0) is 19.8. The second kappa shape index (κ2) is 10.6. The number of nitrogens with one attached hydrogen (secondary N) is 1. The fourth-order valence-corrected chi connectivity index (χ4v) is 3.36. The van der Waals surface area contributed by atoms with E-state index in [-0.39, 0.29) is 24.2 Å². The van der Waals surface area contributed by atoms with Gasteiger partial charge in [-0.25, -0.2) is 0 Å². The van der Waals surface area contributed by atoms with E-state index in [1.54, 1.807) is 0 Å². The van der Waals surface area contributed by atoms with Crippen LogP contribution in [0.5, 0.6) is 0 Å². The third-order valence-electron chi connectivity index (χ3n) is 4.47. The number of carbonyl (C=O) groups excluding carboxylic acids is 1. The molecule has 0 unspecified atom stereocenters. The molecule has 1 aliphatic heterocycles. The molecule has 0 spiro atoms. The van der Waals surface area contributed by atoms with Gasteiger partial charge in [0.15, 0.2) is 5.76 Å². The Hall–Kier alpha value is -1.90. The SMILES string of the molecule is O=C(Nc1ccccc1)C1=C[C@H](c2ccc(I)cc2)C[C@H](OCCCCO)O1. The van der Waals surface area contributed by atoms with Gasteiger partial charge in [0.1, 0.15) is 0 Å². The van der Waals surface area contributed by atoms with Crippen LogP contribution in [0.2, 0.25) is 0 Å². The van der Waals surface area contributed by atoms with Gasteiger partial charge < -0.3 is 19.9 Å². The smallest absolute Gasteiger partial charge is 0.290 e. The largest absolute Gasteiger partial charge is 0.459 e. The van der Waals surface area contributed by atoms with Crippen molar-refractivity contribution in [3.63, 3.8) is 0 Å². The molecule has 2 aromatic rings.